The van der Waals surface area contributed by atoms with Gasteiger partial charge in [-0.1, -0.05) is 11.6 Å². The number of phenols is 1. The summed E-state index contributed by atoms with van der Waals surface area (Å²) in [4.78, 5) is 11.2. The minimum atomic E-state index is -0.317. The summed E-state index contributed by atoms with van der Waals surface area (Å²) in [5.41, 5.74) is 6.86. The molecule has 1 amide bonds. The van der Waals surface area contributed by atoms with E-state index in [1.54, 1.807) is 13.1 Å². The number of nitrogens with two attached hydrogens (primary N) is 1. The van der Waals surface area contributed by atoms with E-state index in [4.69, 9.17) is 17.3 Å². The highest BCUT2D eigenvalue weighted by atomic mass is 35.5. The number of hydrogen-bond donors (Lipinski definition) is 3. The molecule has 0 aliphatic heterocycles. The molecular formula is C12H13ClN4O2. The molecular weight excluding hydrogens is 268 g/mol. The molecule has 0 unspecified atom stereocenters. The number of nitrogens with zero attached hydrogens (tertiary/aromatic N) is 2. The third kappa shape index (κ3) is 2.48. The Bertz CT molecular complexity index is 632. The number of nitrogens with one attached hydrogen (secondary N) is 1. The summed E-state index contributed by atoms with van der Waals surface area (Å²) in [6, 6.07) is 4.55. The van der Waals surface area contributed by atoms with E-state index in [2.05, 4.69) is 10.4 Å². The lowest BCUT2D eigenvalue weighted by atomic mass is 10.1. The van der Waals surface area contributed by atoms with Gasteiger partial charge < -0.3 is 16.2 Å². The maximum Gasteiger partial charge on any atom is 0.221 e. The number of hydrogen-bond acceptors (Lipinski definition) is 4. The lowest BCUT2D eigenvalue weighted by Gasteiger charge is -2.11. The minimum Gasteiger partial charge on any atom is -0.506 e. The van der Waals surface area contributed by atoms with Gasteiger partial charge in [-0.25, -0.2) is 0 Å². The van der Waals surface area contributed by atoms with E-state index in [-0.39, 0.29) is 17.3 Å². The molecule has 0 saturated heterocycles. The average Bonchev–Trinajstić information content (AvgIpc) is 2.63. The van der Waals surface area contributed by atoms with Crippen molar-refractivity contribution in [3.63, 3.8) is 0 Å². The first kappa shape index (κ1) is 13.2. The van der Waals surface area contributed by atoms with E-state index in [1.807, 2.05) is 0 Å². The van der Waals surface area contributed by atoms with Gasteiger partial charge >= 0.3 is 0 Å². The Kier molecular flexibility index (Phi) is 3.35. The Morgan fingerprint density at radius 1 is 1.53 bits per heavy atom. The largest absolute Gasteiger partial charge is 0.506 e. The van der Waals surface area contributed by atoms with Gasteiger partial charge in [0.05, 0.1) is 16.4 Å². The quantitative estimate of drug-likeness (QED) is 0.733. The van der Waals surface area contributed by atoms with Crippen molar-refractivity contribution in [2.45, 2.75) is 6.92 Å². The highest BCUT2D eigenvalue weighted by Crippen LogP contribution is 2.40. The molecule has 0 fully saturated rings. The molecule has 2 aromatic rings. The molecule has 1 heterocycles. The highest BCUT2D eigenvalue weighted by Gasteiger charge is 2.18. The first-order valence-electron chi connectivity index (χ1n) is 5.49. The Morgan fingerprint density at radius 2 is 2.21 bits per heavy atom. The molecule has 0 radical (unpaired) electrons. The molecule has 1 aromatic heterocycles. The number of benzene rings is 1. The molecule has 0 aliphatic rings. The molecule has 6 nitrogen and oxygen atoms in total. The van der Waals surface area contributed by atoms with Gasteiger partial charge in [0.15, 0.2) is 0 Å². The molecule has 0 aliphatic carbocycles. The molecule has 0 atom stereocenters. The van der Waals surface area contributed by atoms with Crippen LogP contribution in [0.3, 0.4) is 0 Å². The minimum absolute atomic E-state index is 0.0844. The van der Waals surface area contributed by atoms with Crippen LogP contribution in [0.1, 0.15) is 6.92 Å². The molecule has 4 N–H and O–H groups in total. The maximum absolute atomic E-state index is 11.2. The van der Waals surface area contributed by atoms with Crippen LogP contribution in [0.25, 0.3) is 11.3 Å². The monoisotopic (exact) mass is 280 g/mol. The van der Waals surface area contributed by atoms with E-state index >= 15 is 0 Å². The Hall–Kier alpha value is -2.21. The third-order valence-corrected chi connectivity index (χ3v) is 2.92. The number of carbonyl (C=O) groups excluding carboxylic acids is 1. The van der Waals surface area contributed by atoms with Gasteiger partial charge in [0.1, 0.15) is 11.6 Å². The number of aromatic nitrogens is 2. The van der Waals surface area contributed by atoms with Crippen LogP contribution in [0.2, 0.25) is 5.02 Å². The van der Waals surface area contributed by atoms with Crippen LogP contribution in [-0.2, 0) is 11.8 Å². The van der Waals surface area contributed by atoms with Crippen molar-refractivity contribution in [1.29, 1.82) is 0 Å². The van der Waals surface area contributed by atoms with E-state index in [9.17, 15) is 9.90 Å². The lowest BCUT2D eigenvalue weighted by molar-refractivity contribution is -0.114. The molecule has 2 rings (SSSR count). The van der Waals surface area contributed by atoms with E-state index in [1.165, 1.54) is 23.7 Å². The number of aromatic hydroxyl groups is 1. The van der Waals surface area contributed by atoms with Gasteiger partial charge in [-0.3, -0.25) is 9.48 Å². The summed E-state index contributed by atoms with van der Waals surface area (Å²) in [6.07, 6.45) is 0. The summed E-state index contributed by atoms with van der Waals surface area (Å²) >= 11 is 6.13. The predicted molar refractivity (Wildman–Crippen MR) is 74.0 cm³/mol. The average molecular weight is 281 g/mol. The number of anilines is 2. The zero-order valence-corrected chi connectivity index (χ0v) is 11.2. The van der Waals surface area contributed by atoms with Gasteiger partial charge in [0.2, 0.25) is 5.91 Å². The second-order valence-corrected chi connectivity index (χ2v) is 4.48. The smallest absolute Gasteiger partial charge is 0.221 e. The normalized spacial score (nSPS) is 10.5. The van der Waals surface area contributed by atoms with Crippen LogP contribution >= 0.6 is 11.6 Å². The number of nitrogen functional groups attached to an aromatic ring is 1. The predicted octanol–water partition coefficient (Wildman–Crippen LogP) is 1.99. The molecule has 0 saturated carbocycles. The fourth-order valence-electron chi connectivity index (χ4n) is 1.72. The van der Waals surface area contributed by atoms with E-state index in [0.29, 0.717) is 22.1 Å². The van der Waals surface area contributed by atoms with E-state index in [0.717, 1.165) is 0 Å². The third-order valence-electron chi connectivity index (χ3n) is 2.61. The molecule has 19 heavy (non-hydrogen) atoms. The summed E-state index contributed by atoms with van der Waals surface area (Å²) in [5.74, 6) is 0.0460. The summed E-state index contributed by atoms with van der Waals surface area (Å²) in [7, 11) is 1.69. The van der Waals surface area contributed by atoms with Gasteiger partial charge in [-0.2, -0.15) is 5.10 Å². The Morgan fingerprint density at radius 3 is 2.74 bits per heavy atom. The number of carbonyl (C=O) groups is 1. The van der Waals surface area contributed by atoms with Crippen molar-refractivity contribution in [3.8, 4) is 17.0 Å². The van der Waals surface area contributed by atoms with Crippen LogP contribution < -0.4 is 11.1 Å². The van der Waals surface area contributed by atoms with Crippen molar-refractivity contribution in [1.82, 2.24) is 9.78 Å². The second kappa shape index (κ2) is 4.81. The number of rotatable bonds is 2. The number of phenolic OH excluding ortho intramolecular Hbond substituents is 1. The molecule has 0 spiro atoms. The lowest BCUT2D eigenvalue weighted by Crippen LogP contribution is -2.07. The zero-order chi connectivity index (χ0) is 14.2. The highest BCUT2D eigenvalue weighted by molar-refractivity contribution is 6.34. The van der Waals surface area contributed by atoms with Crippen LogP contribution in [0.5, 0.6) is 5.75 Å². The van der Waals surface area contributed by atoms with Gasteiger partial charge in [-0.05, 0) is 12.1 Å². The standard InChI is InChI=1S/C12H13ClN4O2/c1-6(18)15-12-9(19)4-3-7(13)11(12)8-5-10(14)17(2)16-8/h3-5,19H,14H2,1-2H3,(H,15,18). The van der Waals surface area contributed by atoms with Gasteiger partial charge in [0, 0.05) is 25.6 Å². The van der Waals surface area contributed by atoms with Crippen molar-refractivity contribution >= 4 is 29.0 Å². The van der Waals surface area contributed by atoms with Crippen molar-refractivity contribution in [3.05, 3.63) is 23.2 Å². The second-order valence-electron chi connectivity index (χ2n) is 4.08. The van der Waals surface area contributed by atoms with Crippen molar-refractivity contribution < 1.29 is 9.90 Å². The van der Waals surface area contributed by atoms with Gasteiger partial charge in [-0.15, -0.1) is 0 Å². The molecule has 1 aromatic carbocycles. The summed E-state index contributed by atoms with van der Waals surface area (Å²) in [6.45, 7) is 1.34. The number of halogens is 1. The van der Waals surface area contributed by atoms with Crippen LogP contribution in [0.4, 0.5) is 11.5 Å². The topological polar surface area (TPSA) is 93.2 Å². The SMILES string of the molecule is CC(=O)Nc1c(O)ccc(Cl)c1-c1cc(N)n(C)n1. The number of amides is 1. The summed E-state index contributed by atoms with van der Waals surface area (Å²) in [5, 5.41) is 17.0. The molecule has 100 valence electrons. The summed E-state index contributed by atoms with van der Waals surface area (Å²) < 4.78 is 1.48. The first-order valence-corrected chi connectivity index (χ1v) is 5.87. The van der Waals surface area contributed by atoms with Crippen molar-refractivity contribution in [2.24, 2.45) is 7.05 Å². The first-order chi connectivity index (χ1) is 8.90. The number of aryl methyl sites for hydroxylation is 1. The van der Waals surface area contributed by atoms with Crippen LogP contribution in [0.15, 0.2) is 18.2 Å². The van der Waals surface area contributed by atoms with Crippen LogP contribution in [0, 0.1) is 0 Å². The fraction of sp³-hybridized carbons (Fsp3) is 0.167. The Balaban J connectivity index is 2.66. The van der Waals surface area contributed by atoms with Crippen molar-refractivity contribution in [2.75, 3.05) is 11.1 Å². The van der Waals surface area contributed by atoms with Crippen LogP contribution in [-0.4, -0.2) is 20.8 Å². The zero-order valence-electron chi connectivity index (χ0n) is 10.4. The maximum atomic E-state index is 11.2. The fourth-order valence-corrected chi connectivity index (χ4v) is 1.98. The molecule has 7 heteroatoms. The molecule has 0 bridgehead atoms. The van der Waals surface area contributed by atoms with E-state index < -0.39 is 0 Å². The Labute approximate surface area is 114 Å². The van der Waals surface area contributed by atoms with Gasteiger partial charge in [0.25, 0.3) is 0 Å².